The zero-order valence-corrected chi connectivity index (χ0v) is 9.11. The van der Waals surface area contributed by atoms with Gasteiger partial charge in [-0.05, 0) is 19.3 Å². The molecule has 2 aliphatic rings. The van der Waals surface area contributed by atoms with Gasteiger partial charge in [0, 0.05) is 24.7 Å². The van der Waals surface area contributed by atoms with Crippen molar-refractivity contribution in [2.75, 3.05) is 13.1 Å². The molecule has 0 aromatic heterocycles. The lowest BCUT2D eigenvalue weighted by Crippen LogP contribution is -2.45. The molecule has 1 aliphatic heterocycles. The molecule has 0 radical (unpaired) electrons. The molecule has 4 nitrogen and oxygen atoms in total. The molecule has 1 saturated carbocycles. The topological polar surface area (TPSA) is 66.6 Å². The Bertz CT molecular complexity index is 251. The Labute approximate surface area is 90.4 Å². The molecule has 1 atom stereocenters. The minimum Gasteiger partial charge on any atom is -0.481 e. The molecular weight excluding hydrogens is 192 g/mol. The van der Waals surface area contributed by atoms with E-state index in [0.717, 1.165) is 19.5 Å². The summed E-state index contributed by atoms with van der Waals surface area (Å²) in [6.07, 6.45) is 6.10. The molecule has 1 unspecified atom stereocenters. The molecule has 0 aromatic carbocycles. The van der Waals surface area contributed by atoms with Crippen LogP contribution in [0.4, 0.5) is 0 Å². The number of nitrogens with zero attached hydrogens (tertiary/aromatic N) is 1. The van der Waals surface area contributed by atoms with Crippen LogP contribution in [-0.4, -0.2) is 40.6 Å². The van der Waals surface area contributed by atoms with Crippen LogP contribution >= 0.6 is 0 Å². The first-order valence-corrected chi connectivity index (χ1v) is 5.84. The summed E-state index contributed by atoms with van der Waals surface area (Å²) in [6, 6.07) is 0.671. The highest BCUT2D eigenvalue weighted by Crippen LogP contribution is 2.30. The van der Waals surface area contributed by atoms with Crippen LogP contribution in [0.15, 0.2) is 0 Å². The minimum atomic E-state index is -0.772. The van der Waals surface area contributed by atoms with Crippen molar-refractivity contribution in [3.8, 4) is 0 Å². The molecule has 0 spiro atoms. The summed E-state index contributed by atoms with van der Waals surface area (Å²) in [5.74, 6) is -0.772. The van der Waals surface area contributed by atoms with Crippen LogP contribution in [0.3, 0.4) is 0 Å². The van der Waals surface area contributed by atoms with E-state index in [1.165, 1.54) is 25.7 Å². The van der Waals surface area contributed by atoms with E-state index >= 15 is 0 Å². The average molecular weight is 212 g/mol. The van der Waals surface area contributed by atoms with Crippen LogP contribution in [0.25, 0.3) is 0 Å². The summed E-state index contributed by atoms with van der Waals surface area (Å²) in [5, 5.41) is 8.79. The second-order valence-corrected chi connectivity index (χ2v) is 5.09. The quantitative estimate of drug-likeness (QED) is 0.726. The Kier molecular flexibility index (Phi) is 2.98. The van der Waals surface area contributed by atoms with Crippen LogP contribution in [0.1, 0.15) is 38.5 Å². The van der Waals surface area contributed by atoms with Crippen molar-refractivity contribution in [2.24, 2.45) is 5.73 Å². The number of carbonyl (C=O) groups is 1. The van der Waals surface area contributed by atoms with Gasteiger partial charge in [-0.25, -0.2) is 0 Å². The number of carboxylic acid groups (broad SMARTS) is 1. The number of rotatable bonds is 3. The average Bonchev–Trinajstić information content (AvgIpc) is 2.71. The summed E-state index contributed by atoms with van der Waals surface area (Å²) in [6.45, 7) is 1.75. The molecule has 1 heterocycles. The van der Waals surface area contributed by atoms with Crippen LogP contribution in [0.2, 0.25) is 0 Å². The lowest BCUT2D eigenvalue weighted by molar-refractivity contribution is -0.138. The fourth-order valence-electron chi connectivity index (χ4n) is 2.96. The van der Waals surface area contributed by atoms with Crippen molar-refractivity contribution in [1.29, 1.82) is 0 Å². The second kappa shape index (κ2) is 4.10. The molecule has 15 heavy (non-hydrogen) atoms. The maximum Gasteiger partial charge on any atom is 0.305 e. The standard InChI is InChI=1S/C11H20N2O2/c12-11(7-10(14)15)5-6-13(8-11)9-3-1-2-4-9/h9H,1-8,12H2,(H,14,15). The Hall–Kier alpha value is -0.610. The van der Waals surface area contributed by atoms with Crippen molar-refractivity contribution in [2.45, 2.75) is 50.1 Å². The van der Waals surface area contributed by atoms with E-state index in [9.17, 15) is 4.79 Å². The molecular formula is C11H20N2O2. The van der Waals surface area contributed by atoms with Gasteiger partial charge in [-0.3, -0.25) is 9.69 Å². The van der Waals surface area contributed by atoms with E-state index in [4.69, 9.17) is 10.8 Å². The maximum absolute atomic E-state index is 10.7. The highest BCUT2D eigenvalue weighted by molar-refractivity contribution is 5.68. The molecule has 2 fully saturated rings. The summed E-state index contributed by atoms with van der Waals surface area (Å²) in [7, 11) is 0. The van der Waals surface area contributed by atoms with Crippen molar-refractivity contribution in [3.05, 3.63) is 0 Å². The SMILES string of the molecule is NC1(CC(=O)O)CCN(C2CCCC2)C1. The smallest absolute Gasteiger partial charge is 0.305 e. The van der Waals surface area contributed by atoms with Crippen LogP contribution < -0.4 is 5.73 Å². The van der Waals surface area contributed by atoms with E-state index in [2.05, 4.69) is 4.90 Å². The number of carboxylic acids is 1. The second-order valence-electron chi connectivity index (χ2n) is 5.09. The lowest BCUT2D eigenvalue weighted by atomic mass is 9.96. The lowest BCUT2D eigenvalue weighted by Gasteiger charge is -2.26. The highest BCUT2D eigenvalue weighted by Gasteiger charge is 2.39. The molecule has 0 aromatic rings. The Morgan fingerprint density at radius 1 is 1.47 bits per heavy atom. The van der Waals surface area contributed by atoms with Crippen LogP contribution in [-0.2, 0) is 4.79 Å². The number of likely N-dealkylation sites (tertiary alicyclic amines) is 1. The van der Waals surface area contributed by atoms with Gasteiger partial charge in [-0.1, -0.05) is 12.8 Å². The monoisotopic (exact) mass is 212 g/mol. The summed E-state index contributed by atoms with van der Waals surface area (Å²) >= 11 is 0. The van der Waals surface area contributed by atoms with E-state index < -0.39 is 11.5 Å². The minimum absolute atomic E-state index is 0.107. The largest absolute Gasteiger partial charge is 0.481 e. The third-order valence-corrected chi connectivity index (χ3v) is 3.76. The van der Waals surface area contributed by atoms with Gasteiger partial charge in [0.25, 0.3) is 0 Å². The number of nitrogens with two attached hydrogens (primary N) is 1. The zero-order chi connectivity index (χ0) is 10.9. The van der Waals surface area contributed by atoms with E-state index in [0.29, 0.717) is 6.04 Å². The van der Waals surface area contributed by atoms with E-state index in [1.54, 1.807) is 0 Å². The van der Waals surface area contributed by atoms with Gasteiger partial charge >= 0.3 is 5.97 Å². The van der Waals surface area contributed by atoms with Gasteiger partial charge in [-0.15, -0.1) is 0 Å². The molecule has 86 valence electrons. The first-order chi connectivity index (χ1) is 7.09. The molecule has 1 aliphatic carbocycles. The predicted octanol–water partition coefficient (Wildman–Crippen LogP) is 0.807. The molecule has 2 rings (SSSR count). The van der Waals surface area contributed by atoms with Crippen molar-refractivity contribution >= 4 is 5.97 Å². The molecule has 1 saturated heterocycles. The van der Waals surface area contributed by atoms with Gasteiger partial charge in [0.2, 0.25) is 0 Å². The third kappa shape index (κ3) is 2.49. The fourth-order valence-corrected chi connectivity index (χ4v) is 2.96. The summed E-state index contributed by atoms with van der Waals surface area (Å²) in [4.78, 5) is 13.1. The van der Waals surface area contributed by atoms with E-state index in [1.807, 2.05) is 0 Å². The number of hydrogen-bond acceptors (Lipinski definition) is 3. The fraction of sp³-hybridized carbons (Fsp3) is 0.909. The third-order valence-electron chi connectivity index (χ3n) is 3.76. The normalized spacial score (nSPS) is 33.7. The first-order valence-electron chi connectivity index (χ1n) is 5.84. The maximum atomic E-state index is 10.7. The summed E-state index contributed by atoms with van der Waals surface area (Å²) < 4.78 is 0. The number of aliphatic carboxylic acids is 1. The van der Waals surface area contributed by atoms with Gasteiger partial charge in [-0.2, -0.15) is 0 Å². The van der Waals surface area contributed by atoms with Gasteiger partial charge in [0.1, 0.15) is 0 Å². The highest BCUT2D eigenvalue weighted by atomic mass is 16.4. The van der Waals surface area contributed by atoms with Crippen molar-refractivity contribution < 1.29 is 9.90 Å². The van der Waals surface area contributed by atoms with Crippen LogP contribution in [0.5, 0.6) is 0 Å². The van der Waals surface area contributed by atoms with E-state index in [-0.39, 0.29) is 6.42 Å². The Morgan fingerprint density at radius 2 is 2.13 bits per heavy atom. The van der Waals surface area contributed by atoms with Crippen molar-refractivity contribution in [3.63, 3.8) is 0 Å². The first kappa shape index (κ1) is 10.9. The molecule has 4 heteroatoms. The molecule has 0 bridgehead atoms. The molecule has 3 N–H and O–H groups in total. The number of hydrogen-bond donors (Lipinski definition) is 2. The summed E-state index contributed by atoms with van der Waals surface area (Å²) in [5.41, 5.74) is 5.62. The van der Waals surface area contributed by atoms with Crippen molar-refractivity contribution in [1.82, 2.24) is 4.90 Å². The predicted molar refractivity (Wildman–Crippen MR) is 57.6 cm³/mol. The van der Waals surface area contributed by atoms with Crippen LogP contribution in [0, 0.1) is 0 Å². The van der Waals surface area contributed by atoms with Gasteiger partial charge < -0.3 is 10.8 Å². The van der Waals surface area contributed by atoms with Gasteiger partial charge in [0.15, 0.2) is 0 Å². The zero-order valence-electron chi connectivity index (χ0n) is 9.11. The molecule has 0 amide bonds. The Morgan fingerprint density at radius 3 is 2.73 bits per heavy atom. The van der Waals surface area contributed by atoms with Gasteiger partial charge in [0.05, 0.1) is 6.42 Å². The Balaban J connectivity index is 1.90.